The summed E-state index contributed by atoms with van der Waals surface area (Å²) in [5.74, 6) is 3.41. The molecule has 1 aliphatic carbocycles. The molecule has 6 nitrogen and oxygen atoms in total. The van der Waals surface area contributed by atoms with Crippen LogP contribution in [-0.4, -0.2) is 47.3 Å². The van der Waals surface area contributed by atoms with Crippen LogP contribution in [0.25, 0.3) is 0 Å². The van der Waals surface area contributed by atoms with Gasteiger partial charge in [-0.15, -0.1) is 0 Å². The number of nitrogens with one attached hydrogen (secondary N) is 2. The standard InChI is InChI=1S/C22H36N6S/c1-17-9-8-14-28(16-17)20-15-19(27-12-6-7-13-27)24-21(25-20)26-22(29)23-18-10-4-2-3-5-11-18/h15,17-18H,2-14,16H2,1H3,(H2,23,24,25,26,29). The number of hydrogen-bond acceptors (Lipinski definition) is 5. The van der Waals surface area contributed by atoms with Crippen LogP contribution in [0.15, 0.2) is 6.07 Å². The van der Waals surface area contributed by atoms with Crippen LogP contribution < -0.4 is 20.4 Å². The minimum absolute atomic E-state index is 0.474. The second kappa shape index (κ2) is 9.92. The van der Waals surface area contributed by atoms with Crippen LogP contribution in [0.2, 0.25) is 0 Å². The summed E-state index contributed by atoms with van der Waals surface area (Å²) in [7, 11) is 0. The molecule has 0 radical (unpaired) electrons. The van der Waals surface area contributed by atoms with Gasteiger partial charge in [0, 0.05) is 38.3 Å². The van der Waals surface area contributed by atoms with Gasteiger partial charge in [-0.05, 0) is 56.7 Å². The Bertz CT molecular complexity index is 682. The minimum Gasteiger partial charge on any atom is -0.360 e. The molecule has 2 saturated heterocycles. The first kappa shape index (κ1) is 20.6. The minimum atomic E-state index is 0.474. The molecule has 0 amide bonds. The third kappa shape index (κ3) is 5.71. The number of piperidine rings is 1. The third-order valence-electron chi connectivity index (χ3n) is 6.53. The molecule has 3 fully saturated rings. The molecule has 2 N–H and O–H groups in total. The smallest absolute Gasteiger partial charge is 0.232 e. The maximum atomic E-state index is 5.63. The lowest BCUT2D eigenvalue weighted by Crippen LogP contribution is -2.38. The van der Waals surface area contributed by atoms with Crippen LogP contribution in [0.5, 0.6) is 0 Å². The van der Waals surface area contributed by atoms with Gasteiger partial charge in [0.2, 0.25) is 5.95 Å². The van der Waals surface area contributed by atoms with Gasteiger partial charge in [0.05, 0.1) is 0 Å². The summed E-state index contributed by atoms with van der Waals surface area (Å²) in [5, 5.41) is 7.49. The summed E-state index contributed by atoms with van der Waals surface area (Å²) in [6, 6.07) is 2.65. The summed E-state index contributed by atoms with van der Waals surface area (Å²) in [6.07, 6.45) is 12.7. The first-order valence-electron chi connectivity index (χ1n) is 11.6. The highest BCUT2D eigenvalue weighted by molar-refractivity contribution is 7.80. The highest BCUT2D eigenvalue weighted by atomic mass is 32.1. The van der Waals surface area contributed by atoms with Gasteiger partial charge in [0.1, 0.15) is 11.6 Å². The van der Waals surface area contributed by atoms with Crippen LogP contribution in [0.4, 0.5) is 17.6 Å². The second-order valence-corrected chi connectivity index (χ2v) is 9.49. The van der Waals surface area contributed by atoms with Crippen molar-refractivity contribution in [3.63, 3.8) is 0 Å². The fourth-order valence-electron chi connectivity index (χ4n) is 4.89. The van der Waals surface area contributed by atoms with Gasteiger partial charge < -0.3 is 20.4 Å². The fourth-order valence-corrected chi connectivity index (χ4v) is 5.15. The molecule has 1 saturated carbocycles. The number of aromatic nitrogens is 2. The van der Waals surface area contributed by atoms with Gasteiger partial charge in [0.15, 0.2) is 5.11 Å². The number of hydrogen-bond donors (Lipinski definition) is 2. The van der Waals surface area contributed by atoms with Crippen molar-refractivity contribution < 1.29 is 0 Å². The van der Waals surface area contributed by atoms with Crippen LogP contribution >= 0.6 is 12.2 Å². The second-order valence-electron chi connectivity index (χ2n) is 9.08. The molecule has 3 heterocycles. The first-order chi connectivity index (χ1) is 14.2. The van der Waals surface area contributed by atoms with Crippen LogP contribution in [-0.2, 0) is 0 Å². The van der Waals surface area contributed by atoms with Gasteiger partial charge in [-0.1, -0.05) is 32.6 Å². The number of nitrogens with zero attached hydrogens (tertiary/aromatic N) is 4. The molecule has 1 aromatic heterocycles. The monoisotopic (exact) mass is 416 g/mol. The van der Waals surface area contributed by atoms with E-state index in [-0.39, 0.29) is 0 Å². The zero-order valence-corrected chi connectivity index (χ0v) is 18.6. The Kier molecular flexibility index (Phi) is 7.06. The number of anilines is 3. The van der Waals surface area contributed by atoms with Crippen molar-refractivity contribution in [2.75, 3.05) is 41.3 Å². The lowest BCUT2D eigenvalue weighted by molar-refractivity contribution is 0.444. The van der Waals surface area contributed by atoms with E-state index in [0.29, 0.717) is 23.0 Å². The zero-order chi connectivity index (χ0) is 20.1. The molecule has 0 bridgehead atoms. The quantitative estimate of drug-likeness (QED) is 0.560. The predicted molar refractivity (Wildman–Crippen MR) is 125 cm³/mol. The lowest BCUT2D eigenvalue weighted by Gasteiger charge is -2.32. The topological polar surface area (TPSA) is 56.3 Å². The Labute approximate surface area is 180 Å². The molecule has 0 spiro atoms. The molecule has 0 aromatic carbocycles. The summed E-state index contributed by atoms with van der Waals surface area (Å²) >= 11 is 5.63. The van der Waals surface area contributed by atoms with E-state index in [9.17, 15) is 0 Å². The number of rotatable bonds is 4. The van der Waals surface area contributed by atoms with E-state index in [1.807, 2.05) is 0 Å². The molecule has 1 atom stereocenters. The Hall–Kier alpha value is -1.63. The highest BCUT2D eigenvalue weighted by Gasteiger charge is 2.22. The van der Waals surface area contributed by atoms with Crippen molar-refractivity contribution in [1.82, 2.24) is 15.3 Å². The van der Waals surface area contributed by atoms with Crippen molar-refractivity contribution in [3.8, 4) is 0 Å². The van der Waals surface area contributed by atoms with Crippen molar-refractivity contribution in [3.05, 3.63) is 6.07 Å². The van der Waals surface area contributed by atoms with Gasteiger partial charge in [-0.3, -0.25) is 0 Å². The van der Waals surface area contributed by atoms with E-state index in [1.54, 1.807) is 0 Å². The molecular formula is C22H36N6S. The van der Waals surface area contributed by atoms with Gasteiger partial charge in [-0.2, -0.15) is 9.97 Å². The van der Waals surface area contributed by atoms with Gasteiger partial charge in [0.25, 0.3) is 0 Å². The van der Waals surface area contributed by atoms with Gasteiger partial charge >= 0.3 is 0 Å². The van der Waals surface area contributed by atoms with Crippen molar-refractivity contribution in [2.24, 2.45) is 5.92 Å². The predicted octanol–water partition coefficient (Wildman–Crippen LogP) is 4.32. The van der Waals surface area contributed by atoms with E-state index < -0.39 is 0 Å². The SMILES string of the molecule is CC1CCCN(c2cc(N3CCCC3)nc(NC(=S)NC3CCCCCC3)n2)C1. The average molecular weight is 417 g/mol. The third-order valence-corrected chi connectivity index (χ3v) is 6.75. The Morgan fingerprint density at radius 3 is 2.24 bits per heavy atom. The molecular weight excluding hydrogens is 380 g/mol. The molecule has 2 aliphatic heterocycles. The Morgan fingerprint density at radius 2 is 1.55 bits per heavy atom. The summed E-state index contributed by atoms with van der Waals surface area (Å²) in [4.78, 5) is 14.5. The fraction of sp³-hybridized carbons (Fsp3) is 0.773. The van der Waals surface area contributed by atoms with E-state index in [2.05, 4.69) is 33.4 Å². The molecule has 4 rings (SSSR count). The largest absolute Gasteiger partial charge is 0.360 e. The molecule has 1 aromatic rings. The van der Waals surface area contributed by atoms with E-state index in [1.165, 1.54) is 64.2 Å². The van der Waals surface area contributed by atoms with Crippen molar-refractivity contribution in [2.45, 2.75) is 77.2 Å². The molecule has 29 heavy (non-hydrogen) atoms. The number of thiocarbonyl (C=S) groups is 1. The summed E-state index contributed by atoms with van der Waals surface area (Å²) in [5.41, 5.74) is 0. The summed E-state index contributed by atoms with van der Waals surface area (Å²) < 4.78 is 0. The van der Waals surface area contributed by atoms with Gasteiger partial charge in [-0.25, -0.2) is 0 Å². The van der Waals surface area contributed by atoms with E-state index in [0.717, 1.165) is 37.8 Å². The molecule has 1 unspecified atom stereocenters. The van der Waals surface area contributed by atoms with Crippen LogP contribution in [0, 0.1) is 5.92 Å². The van der Waals surface area contributed by atoms with Crippen molar-refractivity contribution >= 4 is 34.9 Å². The van der Waals surface area contributed by atoms with Crippen LogP contribution in [0.3, 0.4) is 0 Å². The maximum absolute atomic E-state index is 5.63. The molecule has 160 valence electrons. The normalized spacial score (nSPS) is 23.7. The Morgan fingerprint density at radius 1 is 0.897 bits per heavy atom. The first-order valence-corrected chi connectivity index (χ1v) is 12.0. The zero-order valence-electron chi connectivity index (χ0n) is 17.8. The molecule has 7 heteroatoms. The highest BCUT2D eigenvalue weighted by Crippen LogP contribution is 2.27. The molecule has 3 aliphatic rings. The van der Waals surface area contributed by atoms with Crippen LogP contribution in [0.1, 0.15) is 71.1 Å². The Balaban J connectivity index is 1.49. The maximum Gasteiger partial charge on any atom is 0.232 e. The summed E-state index contributed by atoms with van der Waals surface area (Å²) in [6.45, 7) is 6.64. The lowest BCUT2D eigenvalue weighted by atomic mass is 10.0. The van der Waals surface area contributed by atoms with E-state index in [4.69, 9.17) is 22.2 Å². The average Bonchev–Trinajstić information content (AvgIpc) is 3.13. The van der Waals surface area contributed by atoms with E-state index >= 15 is 0 Å². The van der Waals surface area contributed by atoms with Crippen molar-refractivity contribution in [1.29, 1.82) is 0 Å².